The summed E-state index contributed by atoms with van der Waals surface area (Å²) in [4.78, 5) is 12.3. The summed E-state index contributed by atoms with van der Waals surface area (Å²) in [7, 11) is 1.54. The van der Waals surface area contributed by atoms with Crippen molar-refractivity contribution < 1.29 is 9.53 Å². The number of rotatable bonds is 3. The Morgan fingerprint density at radius 1 is 0.957 bits per heavy atom. The Bertz CT molecular complexity index is 857. The number of nitrogen functional groups attached to an aromatic ring is 1. The Labute approximate surface area is 134 Å². The smallest absolute Gasteiger partial charge is 0.323 e. The highest BCUT2D eigenvalue weighted by Gasteiger charge is 2.09. The Morgan fingerprint density at radius 3 is 2.52 bits per heavy atom. The topological polar surface area (TPSA) is 76.4 Å². The van der Waals surface area contributed by atoms with E-state index in [2.05, 4.69) is 10.6 Å². The van der Waals surface area contributed by atoms with Crippen molar-refractivity contribution in [3.05, 3.63) is 60.7 Å². The molecule has 2 amide bonds. The second-order valence-electron chi connectivity index (χ2n) is 5.07. The molecule has 0 heterocycles. The van der Waals surface area contributed by atoms with Gasteiger partial charge >= 0.3 is 6.03 Å². The van der Waals surface area contributed by atoms with Gasteiger partial charge in [0.2, 0.25) is 0 Å². The molecule has 3 aromatic carbocycles. The van der Waals surface area contributed by atoms with Crippen molar-refractivity contribution in [2.45, 2.75) is 0 Å². The third kappa shape index (κ3) is 3.18. The number of carbonyl (C=O) groups is 1. The predicted octanol–water partition coefficient (Wildman–Crippen LogP) is 4.07. The van der Waals surface area contributed by atoms with Gasteiger partial charge < -0.3 is 21.1 Å². The van der Waals surface area contributed by atoms with Gasteiger partial charge in [-0.3, -0.25) is 0 Å². The maximum Gasteiger partial charge on any atom is 0.323 e. The van der Waals surface area contributed by atoms with Gasteiger partial charge in [0.25, 0.3) is 0 Å². The molecule has 3 rings (SSSR count). The van der Waals surface area contributed by atoms with Gasteiger partial charge in [-0.05, 0) is 29.7 Å². The number of amides is 2. The molecule has 0 spiro atoms. The zero-order chi connectivity index (χ0) is 16.2. The normalized spacial score (nSPS) is 10.3. The zero-order valence-electron chi connectivity index (χ0n) is 12.7. The van der Waals surface area contributed by atoms with Crippen LogP contribution in [0.3, 0.4) is 0 Å². The molecule has 0 radical (unpaired) electrons. The average molecular weight is 307 g/mol. The Hall–Kier alpha value is -3.21. The summed E-state index contributed by atoms with van der Waals surface area (Å²) in [5, 5.41) is 7.66. The van der Waals surface area contributed by atoms with Crippen molar-refractivity contribution in [2.24, 2.45) is 0 Å². The van der Waals surface area contributed by atoms with Crippen LogP contribution in [-0.2, 0) is 0 Å². The fourth-order valence-corrected chi connectivity index (χ4v) is 2.43. The molecule has 0 fully saturated rings. The third-order valence-electron chi connectivity index (χ3n) is 3.51. The summed E-state index contributed by atoms with van der Waals surface area (Å²) in [5.74, 6) is 0.548. The number of hydrogen-bond acceptors (Lipinski definition) is 3. The van der Waals surface area contributed by atoms with Crippen LogP contribution in [0.2, 0.25) is 0 Å². The van der Waals surface area contributed by atoms with Crippen LogP contribution in [0.25, 0.3) is 10.8 Å². The summed E-state index contributed by atoms with van der Waals surface area (Å²) in [6.45, 7) is 0. The van der Waals surface area contributed by atoms with Crippen LogP contribution < -0.4 is 21.1 Å². The molecule has 4 N–H and O–H groups in total. The standard InChI is InChI=1S/C18H17N3O2/c1-23-17-10-9-13(19)11-16(17)21-18(22)20-15-8-4-6-12-5-2-3-7-14(12)15/h2-11H,19H2,1H3,(H2,20,21,22). The number of methoxy groups -OCH3 is 1. The van der Waals surface area contributed by atoms with Crippen LogP contribution in [0.4, 0.5) is 21.9 Å². The first-order chi connectivity index (χ1) is 11.2. The van der Waals surface area contributed by atoms with E-state index in [1.165, 1.54) is 0 Å². The number of fused-ring (bicyclic) bond motifs is 1. The van der Waals surface area contributed by atoms with Gasteiger partial charge in [-0.25, -0.2) is 4.79 Å². The van der Waals surface area contributed by atoms with Crippen LogP contribution in [0.15, 0.2) is 60.7 Å². The zero-order valence-corrected chi connectivity index (χ0v) is 12.7. The molecule has 0 unspecified atom stereocenters. The minimum Gasteiger partial charge on any atom is -0.495 e. The van der Waals surface area contributed by atoms with E-state index in [1.807, 2.05) is 42.5 Å². The van der Waals surface area contributed by atoms with Crippen molar-refractivity contribution in [3.8, 4) is 5.75 Å². The summed E-state index contributed by atoms with van der Waals surface area (Å²) in [6.07, 6.45) is 0. The highest BCUT2D eigenvalue weighted by atomic mass is 16.5. The number of carbonyl (C=O) groups excluding carboxylic acids is 1. The van der Waals surface area contributed by atoms with Crippen LogP contribution in [-0.4, -0.2) is 13.1 Å². The van der Waals surface area contributed by atoms with Crippen LogP contribution >= 0.6 is 0 Å². The molecule has 5 heteroatoms. The molecule has 3 aromatic rings. The lowest BCUT2D eigenvalue weighted by Gasteiger charge is -2.13. The van der Waals surface area contributed by atoms with Crippen molar-refractivity contribution in [1.82, 2.24) is 0 Å². The molecule has 0 aromatic heterocycles. The van der Waals surface area contributed by atoms with Crippen LogP contribution in [0, 0.1) is 0 Å². The van der Waals surface area contributed by atoms with E-state index < -0.39 is 0 Å². The lowest BCUT2D eigenvalue weighted by molar-refractivity contribution is 0.262. The van der Waals surface area contributed by atoms with Gasteiger partial charge in [-0.15, -0.1) is 0 Å². The number of nitrogens with one attached hydrogen (secondary N) is 2. The molecular weight excluding hydrogens is 290 g/mol. The van der Waals surface area contributed by atoms with Crippen molar-refractivity contribution in [1.29, 1.82) is 0 Å². The molecule has 0 aliphatic heterocycles. The summed E-state index contributed by atoms with van der Waals surface area (Å²) in [5.41, 5.74) is 7.56. The summed E-state index contributed by atoms with van der Waals surface area (Å²) >= 11 is 0. The molecule has 0 saturated heterocycles. The number of urea groups is 1. The highest BCUT2D eigenvalue weighted by Crippen LogP contribution is 2.27. The van der Waals surface area contributed by atoms with Crippen molar-refractivity contribution in [2.75, 3.05) is 23.5 Å². The van der Waals surface area contributed by atoms with Crippen molar-refractivity contribution in [3.63, 3.8) is 0 Å². The minimum atomic E-state index is -0.356. The average Bonchev–Trinajstić information content (AvgIpc) is 2.55. The quantitative estimate of drug-likeness (QED) is 0.638. The first kappa shape index (κ1) is 14.7. The van der Waals surface area contributed by atoms with E-state index in [4.69, 9.17) is 10.5 Å². The largest absolute Gasteiger partial charge is 0.495 e. The Kier molecular flexibility index (Phi) is 4.01. The molecular formula is C18H17N3O2. The molecule has 23 heavy (non-hydrogen) atoms. The van der Waals surface area contributed by atoms with E-state index in [-0.39, 0.29) is 6.03 Å². The minimum absolute atomic E-state index is 0.356. The molecule has 0 saturated carbocycles. The van der Waals surface area contributed by atoms with Gasteiger partial charge in [0.15, 0.2) is 0 Å². The molecule has 0 bridgehead atoms. The van der Waals surface area contributed by atoms with Crippen molar-refractivity contribution >= 4 is 33.9 Å². The second-order valence-corrected chi connectivity index (χ2v) is 5.07. The van der Waals surface area contributed by atoms with E-state index >= 15 is 0 Å². The van der Waals surface area contributed by atoms with Gasteiger partial charge in [0.1, 0.15) is 5.75 Å². The van der Waals surface area contributed by atoms with E-state index in [0.717, 1.165) is 16.5 Å². The summed E-state index contributed by atoms with van der Waals surface area (Å²) in [6, 6.07) is 18.3. The van der Waals surface area contributed by atoms with E-state index in [9.17, 15) is 4.79 Å². The van der Waals surface area contributed by atoms with Gasteiger partial charge in [-0.1, -0.05) is 36.4 Å². The van der Waals surface area contributed by atoms with E-state index in [1.54, 1.807) is 25.3 Å². The third-order valence-corrected chi connectivity index (χ3v) is 3.51. The first-order valence-electron chi connectivity index (χ1n) is 7.16. The molecule has 0 aliphatic rings. The lowest BCUT2D eigenvalue weighted by Crippen LogP contribution is -2.20. The predicted molar refractivity (Wildman–Crippen MR) is 94.0 cm³/mol. The first-order valence-corrected chi connectivity index (χ1v) is 7.16. The number of benzene rings is 3. The lowest BCUT2D eigenvalue weighted by atomic mass is 10.1. The maximum atomic E-state index is 12.3. The Balaban J connectivity index is 1.83. The maximum absolute atomic E-state index is 12.3. The molecule has 0 atom stereocenters. The van der Waals surface area contributed by atoms with Crippen LogP contribution in [0.1, 0.15) is 0 Å². The highest BCUT2D eigenvalue weighted by molar-refractivity contribution is 6.06. The number of anilines is 3. The molecule has 5 nitrogen and oxygen atoms in total. The summed E-state index contributed by atoms with van der Waals surface area (Å²) < 4.78 is 5.22. The fraction of sp³-hybridized carbons (Fsp3) is 0.0556. The fourth-order valence-electron chi connectivity index (χ4n) is 2.43. The van der Waals surface area contributed by atoms with E-state index in [0.29, 0.717) is 17.1 Å². The monoisotopic (exact) mass is 307 g/mol. The number of nitrogens with two attached hydrogens (primary N) is 1. The number of hydrogen-bond donors (Lipinski definition) is 3. The van der Waals surface area contributed by atoms with Gasteiger partial charge in [0, 0.05) is 11.1 Å². The van der Waals surface area contributed by atoms with Gasteiger partial charge in [-0.2, -0.15) is 0 Å². The molecule has 116 valence electrons. The SMILES string of the molecule is COc1ccc(N)cc1NC(=O)Nc1cccc2ccccc12. The molecule has 0 aliphatic carbocycles. The second kappa shape index (κ2) is 6.27. The van der Waals surface area contributed by atoms with Crippen LogP contribution in [0.5, 0.6) is 5.75 Å². The number of ether oxygens (including phenoxy) is 1. The Morgan fingerprint density at radius 2 is 1.70 bits per heavy atom. The van der Waals surface area contributed by atoms with Gasteiger partial charge in [0.05, 0.1) is 18.5 Å².